The molecule has 4 rings (SSSR count). The molecule has 160 valence electrons. The molecule has 8 nitrogen and oxygen atoms in total. The number of fused-ring (bicyclic) bond motifs is 1. The Labute approximate surface area is 188 Å². The molecule has 0 spiro atoms. The summed E-state index contributed by atoms with van der Waals surface area (Å²) in [7, 11) is 1.57. The summed E-state index contributed by atoms with van der Waals surface area (Å²) in [4.78, 5) is 16.5. The molecule has 31 heavy (non-hydrogen) atoms. The van der Waals surface area contributed by atoms with E-state index < -0.39 is 11.9 Å². The number of anilines is 1. The number of rotatable bonds is 6. The van der Waals surface area contributed by atoms with Crippen molar-refractivity contribution in [3.05, 3.63) is 75.2 Å². The van der Waals surface area contributed by atoms with Crippen LogP contribution in [0.2, 0.25) is 0 Å². The maximum absolute atomic E-state index is 12.3. The van der Waals surface area contributed by atoms with E-state index in [9.17, 15) is 4.79 Å². The molecule has 1 unspecified atom stereocenters. The van der Waals surface area contributed by atoms with Crippen LogP contribution < -0.4 is 20.5 Å². The third kappa shape index (κ3) is 4.00. The highest BCUT2D eigenvalue weighted by Gasteiger charge is 2.33. The van der Waals surface area contributed by atoms with Crippen LogP contribution in [0.4, 0.5) is 5.95 Å². The highest BCUT2D eigenvalue weighted by molar-refractivity contribution is 9.10. The molecule has 3 aromatic rings. The van der Waals surface area contributed by atoms with E-state index in [-0.39, 0.29) is 0 Å². The fourth-order valence-electron chi connectivity index (χ4n) is 3.71. The van der Waals surface area contributed by atoms with Gasteiger partial charge in [0.2, 0.25) is 11.9 Å². The zero-order chi connectivity index (χ0) is 22.1. The van der Waals surface area contributed by atoms with Crippen LogP contribution in [0.5, 0.6) is 11.5 Å². The summed E-state index contributed by atoms with van der Waals surface area (Å²) in [5.74, 6) is 1.09. The molecule has 1 aliphatic heterocycles. The molecule has 9 heteroatoms. The average molecular weight is 484 g/mol. The molecule has 0 saturated heterocycles. The fraction of sp³-hybridized carbons (Fsp3) is 0.227. The topological polar surface area (TPSA) is 104 Å². The largest absolute Gasteiger partial charge is 0.493 e. The van der Waals surface area contributed by atoms with Crippen molar-refractivity contribution in [2.24, 2.45) is 5.73 Å². The first-order valence-electron chi connectivity index (χ1n) is 9.62. The van der Waals surface area contributed by atoms with Gasteiger partial charge >= 0.3 is 0 Å². The lowest BCUT2D eigenvalue weighted by Gasteiger charge is -2.28. The average Bonchev–Trinajstić information content (AvgIpc) is 3.19. The molecule has 2 aromatic carbocycles. The van der Waals surface area contributed by atoms with Crippen LogP contribution in [-0.2, 0) is 11.4 Å². The third-order valence-electron chi connectivity index (χ3n) is 5.09. The van der Waals surface area contributed by atoms with Crippen LogP contribution in [0, 0.1) is 6.92 Å². The van der Waals surface area contributed by atoms with Crippen molar-refractivity contribution in [3.8, 4) is 11.5 Å². The molecule has 0 aliphatic carbocycles. The number of amides is 1. The lowest BCUT2D eigenvalue weighted by molar-refractivity contribution is -0.115. The van der Waals surface area contributed by atoms with Crippen molar-refractivity contribution < 1.29 is 14.3 Å². The minimum atomic E-state index is -0.549. The Balaban J connectivity index is 1.73. The van der Waals surface area contributed by atoms with Gasteiger partial charge in [-0.2, -0.15) is 10.1 Å². The van der Waals surface area contributed by atoms with E-state index in [2.05, 4.69) is 37.4 Å². The summed E-state index contributed by atoms with van der Waals surface area (Å²) < 4.78 is 14.0. The number of hydrogen-bond acceptors (Lipinski definition) is 6. The second-order valence-corrected chi connectivity index (χ2v) is 8.12. The number of aryl methyl sites for hydroxylation is 1. The number of carbonyl (C=O) groups is 1. The lowest BCUT2D eigenvalue weighted by Crippen LogP contribution is -2.31. The van der Waals surface area contributed by atoms with Gasteiger partial charge in [-0.15, -0.1) is 0 Å². The predicted molar refractivity (Wildman–Crippen MR) is 120 cm³/mol. The summed E-state index contributed by atoms with van der Waals surface area (Å²) >= 11 is 3.60. The van der Waals surface area contributed by atoms with E-state index in [1.807, 2.05) is 37.3 Å². The number of aromatic nitrogens is 3. The molecule has 2 heterocycles. The van der Waals surface area contributed by atoms with E-state index in [4.69, 9.17) is 15.2 Å². The SMILES string of the molecule is COc1cc(C2C(C(N)=O)=C(C)Nc3ncnn32)cc(Br)c1OCc1cccc(C)c1. The van der Waals surface area contributed by atoms with E-state index >= 15 is 0 Å². The maximum Gasteiger partial charge on any atom is 0.248 e. The highest BCUT2D eigenvalue weighted by atomic mass is 79.9. The van der Waals surface area contributed by atoms with E-state index in [0.717, 1.165) is 16.7 Å². The minimum Gasteiger partial charge on any atom is -0.493 e. The minimum absolute atomic E-state index is 0.391. The Morgan fingerprint density at radius 3 is 2.81 bits per heavy atom. The third-order valence-corrected chi connectivity index (χ3v) is 5.68. The van der Waals surface area contributed by atoms with Crippen LogP contribution in [0.1, 0.15) is 29.7 Å². The number of nitrogens with zero attached hydrogens (tertiary/aromatic N) is 3. The lowest BCUT2D eigenvalue weighted by atomic mass is 9.95. The first-order chi connectivity index (χ1) is 14.9. The molecule has 0 fully saturated rings. The van der Waals surface area contributed by atoms with E-state index in [1.165, 1.54) is 6.33 Å². The van der Waals surface area contributed by atoms with Gasteiger partial charge in [-0.25, -0.2) is 4.68 Å². The van der Waals surface area contributed by atoms with E-state index in [0.29, 0.717) is 39.8 Å². The normalized spacial score (nSPS) is 15.3. The highest BCUT2D eigenvalue weighted by Crippen LogP contribution is 2.42. The Morgan fingerprint density at radius 1 is 1.29 bits per heavy atom. The van der Waals surface area contributed by atoms with Gasteiger partial charge in [0.25, 0.3) is 0 Å². The molecule has 0 radical (unpaired) electrons. The van der Waals surface area contributed by atoms with Crippen molar-refractivity contribution in [2.75, 3.05) is 12.4 Å². The Bertz CT molecular complexity index is 1190. The van der Waals surface area contributed by atoms with Crippen LogP contribution in [-0.4, -0.2) is 27.8 Å². The van der Waals surface area contributed by atoms with E-state index in [1.54, 1.807) is 18.7 Å². The summed E-state index contributed by atoms with van der Waals surface area (Å²) in [6.45, 7) is 4.22. The van der Waals surface area contributed by atoms with Crippen molar-refractivity contribution in [1.82, 2.24) is 14.8 Å². The standard InChI is InChI=1S/C22H22BrN5O3/c1-12-5-4-6-14(7-12)10-31-20-16(23)8-15(9-17(20)30-3)19-18(21(24)29)13(2)27-22-25-11-26-28(19)22/h4-9,11,19H,10H2,1-3H3,(H2,24,29)(H,25,26,27). The number of allylic oxidation sites excluding steroid dienone is 1. The molecule has 1 aliphatic rings. The van der Waals surface area contributed by atoms with Crippen LogP contribution >= 0.6 is 15.9 Å². The maximum atomic E-state index is 12.3. The molecule has 3 N–H and O–H groups in total. The van der Waals surface area contributed by atoms with Gasteiger partial charge in [0.15, 0.2) is 11.5 Å². The van der Waals surface area contributed by atoms with Crippen molar-refractivity contribution in [2.45, 2.75) is 26.5 Å². The zero-order valence-electron chi connectivity index (χ0n) is 17.3. The van der Waals surface area contributed by atoms with Crippen LogP contribution in [0.3, 0.4) is 0 Å². The van der Waals surface area contributed by atoms with Crippen molar-refractivity contribution in [1.29, 1.82) is 0 Å². The monoisotopic (exact) mass is 483 g/mol. The number of halogens is 1. The van der Waals surface area contributed by atoms with Gasteiger partial charge in [0.1, 0.15) is 19.0 Å². The van der Waals surface area contributed by atoms with Gasteiger partial charge in [0.05, 0.1) is 17.2 Å². The van der Waals surface area contributed by atoms with Gasteiger partial charge < -0.3 is 20.5 Å². The molecular weight excluding hydrogens is 462 g/mol. The number of nitrogens with two attached hydrogens (primary N) is 1. The molecule has 0 saturated carbocycles. The second kappa shape index (κ2) is 8.43. The Morgan fingerprint density at radius 2 is 2.10 bits per heavy atom. The van der Waals surface area contributed by atoms with Crippen molar-refractivity contribution in [3.63, 3.8) is 0 Å². The first kappa shape index (κ1) is 20.9. The smallest absolute Gasteiger partial charge is 0.248 e. The van der Waals surface area contributed by atoms with Gasteiger partial charge in [0, 0.05) is 5.70 Å². The molecule has 1 amide bonds. The van der Waals surface area contributed by atoms with Crippen LogP contribution in [0.25, 0.3) is 0 Å². The van der Waals surface area contributed by atoms with Crippen molar-refractivity contribution >= 4 is 27.8 Å². The summed E-state index contributed by atoms with van der Waals surface area (Å²) in [5.41, 5.74) is 9.72. The number of benzene rings is 2. The number of nitrogens with one attached hydrogen (secondary N) is 1. The fourth-order valence-corrected chi connectivity index (χ4v) is 4.29. The number of hydrogen-bond donors (Lipinski definition) is 2. The summed E-state index contributed by atoms with van der Waals surface area (Å²) in [5, 5.41) is 7.36. The second-order valence-electron chi connectivity index (χ2n) is 7.27. The number of carbonyl (C=O) groups excluding carboxylic acids is 1. The number of ether oxygens (including phenoxy) is 2. The molecule has 1 atom stereocenters. The van der Waals surface area contributed by atoms with Gasteiger partial charge in [-0.05, 0) is 53.0 Å². The van der Waals surface area contributed by atoms with Crippen LogP contribution in [0.15, 0.2) is 58.5 Å². The van der Waals surface area contributed by atoms with Gasteiger partial charge in [-0.1, -0.05) is 29.8 Å². The van der Waals surface area contributed by atoms with Gasteiger partial charge in [-0.3, -0.25) is 4.79 Å². The Hall–Kier alpha value is -3.33. The number of methoxy groups -OCH3 is 1. The molecule has 0 bridgehead atoms. The summed E-state index contributed by atoms with van der Waals surface area (Å²) in [6, 6.07) is 11.3. The zero-order valence-corrected chi connectivity index (χ0v) is 18.9. The number of primary amides is 1. The quantitative estimate of drug-likeness (QED) is 0.553. The molecule has 1 aromatic heterocycles. The molecular formula is C22H22BrN5O3. The summed E-state index contributed by atoms with van der Waals surface area (Å²) in [6.07, 6.45) is 1.43. The Kier molecular flexibility index (Phi) is 5.69. The predicted octanol–water partition coefficient (Wildman–Crippen LogP) is 3.71. The first-order valence-corrected chi connectivity index (χ1v) is 10.4.